The molecule has 3 atom stereocenters. The fourth-order valence-electron chi connectivity index (χ4n) is 2.10. The number of halogens is 1. The predicted octanol–water partition coefficient (Wildman–Crippen LogP) is 3.22. The first-order chi connectivity index (χ1) is 5.75. The summed E-state index contributed by atoms with van der Waals surface area (Å²) < 4.78 is 5.09. The first kappa shape index (κ1) is 10.5. The van der Waals surface area contributed by atoms with Gasteiger partial charge in [-0.1, -0.05) is 29.3 Å². The number of alkyl halides is 1. The Labute approximate surface area is 84.0 Å². The lowest BCUT2D eigenvalue weighted by atomic mass is 9.90. The average Bonchev–Trinajstić information content (AvgIpc) is 2.47. The van der Waals surface area contributed by atoms with E-state index in [2.05, 4.69) is 22.9 Å². The summed E-state index contributed by atoms with van der Waals surface area (Å²) in [4.78, 5) is 0.768. The van der Waals surface area contributed by atoms with Gasteiger partial charge in [0, 0.05) is 18.5 Å². The van der Waals surface area contributed by atoms with Crippen molar-refractivity contribution in [1.82, 2.24) is 0 Å². The van der Waals surface area contributed by atoms with Crippen LogP contribution in [0.15, 0.2) is 0 Å². The molecule has 3 unspecified atom stereocenters. The lowest BCUT2D eigenvalue weighted by Crippen LogP contribution is -2.17. The van der Waals surface area contributed by atoms with E-state index in [9.17, 15) is 0 Å². The quantitative estimate of drug-likeness (QED) is 0.680. The second-order valence-corrected chi connectivity index (χ2v) is 5.05. The first-order valence-electron chi connectivity index (χ1n) is 4.88. The van der Waals surface area contributed by atoms with Gasteiger partial charge in [0.05, 0.1) is 0 Å². The molecule has 0 N–H and O–H groups in total. The molecule has 1 rings (SSSR count). The highest BCUT2D eigenvalue weighted by Crippen LogP contribution is 2.37. The van der Waals surface area contributed by atoms with Crippen molar-refractivity contribution in [1.29, 1.82) is 0 Å². The molecule has 1 aliphatic carbocycles. The predicted molar refractivity (Wildman–Crippen MR) is 55.7 cm³/mol. The normalized spacial score (nSPS) is 32.2. The Hall–Kier alpha value is 0.440. The second kappa shape index (κ2) is 5.23. The van der Waals surface area contributed by atoms with Gasteiger partial charge in [0.15, 0.2) is 0 Å². The van der Waals surface area contributed by atoms with Crippen molar-refractivity contribution >= 4 is 15.9 Å². The summed E-state index contributed by atoms with van der Waals surface area (Å²) >= 11 is 3.76. The van der Waals surface area contributed by atoms with Crippen LogP contribution >= 0.6 is 15.9 Å². The Balaban J connectivity index is 2.25. The smallest absolute Gasteiger partial charge is 0.0464 e. The van der Waals surface area contributed by atoms with Crippen LogP contribution in [0.5, 0.6) is 0 Å². The maximum absolute atomic E-state index is 5.09. The number of rotatable bonds is 4. The van der Waals surface area contributed by atoms with E-state index in [0.717, 1.165) is 23.3 Å². The summed E-state index contributed by atoms with van der Waals surface area (Å²) in [5.74, 6) is 1.71. The molecule has 0 radical (unpaired) electrons. The SMILES string of the molecule is COCCC(C)C1CCCC1Br. The van der Waals surface area contributed by atoms with Crippen molar-refractivity contribution in [2.45, 2.75) is 37.4 Å². The molecule has 1 saturated carbocycles. The van der Waals surface area contributed by atoms with Gasteiger partial charge in [-0.2, -0.15) is 0 Å². The van der Waals surface area contributed by atoms with Crippen LogP contribution in [0, 0.1) is 11.8 Å². The van der Waals surface area contributed by atoms with Gasteiger partial charge in [-0.25, -0.2) is 0 Å². The number of methoxy groups -OCH3 is 1. The van der Waals surface area contributed by atoms with Crippen molar-refractivity contribution in [3.8, 4) is 0 Å². The number of hydrogen-bond donors (Lipinski definition) is 0. The van der Waals surface area contributed by atoms with Crippen molar-refractivity contribution in [2.75, 3.05) is 13.7 Å². The molecular weight excluding hydrogens is 216 g/mol. The van der Waals surface area contributed by atoms with Crippen LogP contribution in [0.4, 0.5) is 0 Å². The van der Waals surface area contributed by atoms with E-state index >= 15 is 0 Å². The third kappa shape index (κ3) is 2.74. The zero-order chi connectivity index (χ0) is 8.97. The second-order valence-electron chi connectivity index (χ2n) is 3.87. The van der Waals surface area contributed by atoms with E-state index in [1.54, 1.807) is 7.11 Å². The molecule has 0 amide bonds. The van der Waals surface area contributed by atoms with E-state index in [0.29, 0.717) is 0 Å². The van der Waals surface area contributed by atoms with E-state index in [-0.39, 0.29) is 0 Å². The van der Waals surface area contributed by atoms with Gasteiger partial charge in [0.25, 0.3) is 0 Å². The lowest BCUT2D eigenvalue weighted by Gasteiger charge is -2.21. The Morgan fingerprint density at radius 1 is 1.50 bits per heavy atom. The van der Waals surface area contributed by atoms with Gasteiger partial charge < -0.3 is 4.74 Å². The van der Waals surface area contributed by atoms with E-state index in [1.807, 2.05) is 0 Å². The van der Waals surface area contributed by atoms with Crippen LogP contribution in [0.2, 0.25) is 0 Å². The van der Waals surface area contributed by atoms with Crippen LogP contribution in [-0.4, -0.2) is 18.5 Å². The minimum Gasteiger partial charge on any atom is -0.385 e. The first-order valence-corrected chi connectivity index (χ1v) is 5.80. The molecule has 72 valence electrons. The molecule has 12 heavy (non-hydrogen) atoms. The number of hydrogen-bond acceptors (Lipinski definition) is 1. The van der Waals surface area contributed by atoms with Crippen LogP contribution in [0.3, 0.4) is 0 Å². The fourth-order valence-corrected chi connectivity index (χ4v) is 3.21. The van der Waals surface area contributed by atoms with E-state index in [1.165, 1.54) is 25.7 Å². The summed E-state index contributed by atoms with van der Waals surface area (Å²) in [6.07, 6.45) is 5.38. The zero-order valence-corrected chi connectivity index (χ0v) is 9.64. The Morgan fingerprint density at radius 2 is 2.25 bits per heavy atom. The third-order valence-electron chi connectivity index (χ3n) is 2.99. The molecule has 2 heteroatoms. The standard InChI is InChI=1S/C10H19BrO/c1-8(6-7-12-2)9-4-3-5-10(9)11/h8-10H,3-7H2,1-2H3. The van der Waals surface area contributed by atoms with Gasteiger partial charge in [-0.3, -0.25) is 0 Å². The van der Waals surface area contributed by atoms with Crippen LogP contribution < -0.4 is 0 Å². The van der Waals surface area contributed by atoms with Crippen LogP contribution in [0.1, 0.15) is 32.6 Å². The minimum absolute atomic E-state index is 0.768. The number of ether oxygens (including phenoxy) is 1. The summed E-state index contributed by atoms with van der Waals surface area (Å²) in [7, 11) is 1.78. The highest BCUT2D eigenvalue weighted by Gasteiger charge is 2.28. The molecular formula is C10H19BrO. The Kier molecular flexibility index (Phi) is 4.59. The zero-order valence-electron chi connectivity index (χ0n) is 8.05. The van der Waals surface area contributed by atoms with Crippen molar-refractivity contribution in [2.24, 2.45) is 11.8 Å². The van der Waals surface area contributed by atoms with Gasteiger partial charge in [0.1, 0.15) is 0 Å². The van der Waals surface area contributed by atoms with Crippen molar-refractivity contribution in [3.63, 3.8) is 0 Å². The fraction of sp³-hybridized carbons (Fsp3) is 1.00. The molecule has 1 nitrogen and oxygen atoms in total. The maximum atomic E-state index is 5.09. The van der Waals surface area contributed by atoms with E-state index < -0.39 is 0 Å². The lowest BCUT2D eigenvalue weighted by molar-refractivity contribution is 0.166. The minimum atomic E-state index is 0.768. The van der Waals surface area contributed by atoms with Crippen molar-refractivity contribution < 1.29 is 4.74 Å². The van der Waals surface area contributed by atoms with Gasteiger partial charge in [0.2, 0.25) is 0 Å². The highest BCUT2D eigenvalue weighted by atomic mass is 79.9. The molecule has 0 heterocycles. The Morgan fingerprint density at radius 3 is 2.75 bits per heavy atom. The van der Waals surface area contributed by atoms with Crippen molar-refractivity contribution in [3.05, 3.63) is 0 Å². The Bertz CT molecular complexity index is 127. The van der Waals surface area contributed by atoms with Gasteiger partial charge in [-0.05, 0) is 31.1 Å². The monoisotopic (exact) mass is 234 g/mol. The largest absolute Gasteiger partial charge is 0.385 e. The maximum Gasteiger partial charge on any atom is 0.0464 e. The molecule has 0 spiro atoms. The van der Waals surface area contributed by atoms with E-state index in [4.69, 9.17) is 4.74 Å². The highest BCUT2D eigenvalue weighted by molar-refractivity contribution is 9.09. The van der Waals surface area contributed by atoms with Crippen LogP contribution in [-0.2, 0) is 4.74 Å². The summed E-state index contributed by atoms with van der Waals surface area (Å²) in [6.45, 7) is 3.26. The molecule has 0 bridgehead atoms. The molecule has 0 aromatic rings. The summed E-state index contributed by atoms with van der Waals surface area (Å²) in [5, 5.41) is 0. The van der Waals surface area contributed by atoms with Crippen LogP contribution in [0.25, 0.3) is 0 Å². The summed E-state index contributed by atoms with van der Waals surface area (Å²) in [6, 6.07) is 0. The molecule has 1 aliphatic rings. The third-order valence-corrected chi connectivity index (χ3v) is 4.13. The molecule has 0 aromatic heterocycles. The summed E-state index contributed by atoms with van der Waals surface area (Å²) in [5.41, 5.74) is 0. The van der Waals surface area contributed by atoms with Gasteiger partial charge >= 0.3 is 0 Å². The molecule has 0 aliphatic heterocycles. The molecule has 0 aromatic carbocycles. The van der Waals surface area contributed by atoms with Gasteiger partial charge in [-0.15, -0.1) is 0 Å². The molecule has 1 fully saturated rings. The average molecular weight is 235 g/mol. The molecule has 0 saturated heterocycles. The topological polar surface area (TPSA) is 9.23 Å².